The minimum absolute atomic E-state index is 0.325. The van der Waals surface area contributed by atoms with Crippen LogP contribution in [0.5, 0.6) is 0 Å². The van der Waals surface area contributed by atoms with Gasteiger partial charge in [-0.1, -0.05) is 0 Å². The number of nitrogens with zero attached hydrogens (tertiary/aromatic N) is 5. The van der Waals surface area contributed by atoms with Crippen molar-refractivity contribution in [2.24, 2.45) is 0 Å². The van der Waals surface area contributed by atoms with Crippen LogP contribution in [-0.2, 0) is 17.5 Å². The van der Waals surface area contributed by atoms with E-state index in [0.29, 0.717) is 37.2 Å². The molecule has 3 rings (SSSR count). The molecule has 1 unspecified atom stereocenters. The lowest BCUT2D eigenvalue weighted by molar-refractivity contribution is -0.140. The molecule has 2 aromatic rings. The van der Waals surface area contributed by atoms with Gasteiger partial charge in [-0.25, -0.2) is 4.98 Å². The summed E-state index contributed by atoms with van der Waals surface area (Å²) >= 11 is 0.989. The molecule has 22 heavy (non-hydrogen) atoms. The smallest absolute Gasteiger partial charge is 0.366 e. The molecule has 0 aliphatic carbocycles. The van der Waals surface area contributed by atoms with Gasteiger partial charge >= 0.3 is 6.18 Å². The Hall–Kier alpha value is -1.68. The Morgan fingerprint density at radius 1 is 1.45 bits per heavy atom. The molecule has 0 N–H and O–H groups in total. The molecular weight excluding hydrogens is 319 g/mol. The number of ether oxygens (including phenoxy) is 1. The number of aromatic nitrogens is 4. The van der Waals surface area contributed by atoms with Crippen LogP contribution in [0.2, 0.25) is 0 Å². The average molecular weight is 333 g/mol. The van der Waals surface area contributed by atoms with Crippen molar-refractivity contribution in [1.29, 1.82) is 0 Å². The normalized spacial score (nSPS) is 19.6. The van der Waals surface area contributed by atoms with Gasteiger partial charge in [-0.05, 0) is 6.92 Å². The first-order valence-electron chi connectivity index (χ1n) is 6.76. The summed E-state index contributed by atoms with van der Waals surface area (Å²) in [5, 5.41) is 9.29. The maximum absolute atomic E-state index is 12.6. The Kier molecular flexibility index (Phi) is 4.04. The number of halogens is 3. The van der Waals surface area contributed by atoms with Crippen molar-refractivity contribution in [2.75, 3.05) is 24.6 Å². The van der Waals surface area contributed by atoms with Crippen molar-refractivity contribution in [2.45, 2.75) is 25.7 Å². The van der Waals surface area contributed by atoms with Crippen molar-refractivity contribution in [3.63, 3.8) is 0 Å². The van der Waals surface area contributed by atoms with Crippen molar-refractivity contribution < 1.29 is 17.9 Å². The van der Waals surface area contributed by atoms with Gasteiger partial charge in [0.1, 0.15) is 12.4 Å². The summed E-state index contributed by atoms with van der Waals surface area (Å²) in [6.45, 7) is 3.98. The fraction of sp³-hybridized carbons (Fsp3) is 0.583. The first-order valence-corrected chi connectivity index (χ1v) is 7.64. The van der Waals surface area contributed by atoms with Crippen LogP contribution in [0.1, 0.15) is 24.5 Å². The topological polar surface area (TPSA) is 56.1 Å². The number of morpholine rings is 1. The van der Waals surface area contributed by atoms with E-state index in [-0.39, 0.29) is 6.10 Å². The van der Waals surface area contributed by atoms with Gasteiger partial charge in [-0.2, -0.15) is 13.2 Å². The number of hydrogen-bond acceptors (Lipinski definition) is 6. The Morgan fingerprint density at radius 2 is 2.27 bits per heavy atom. The van der Waals surface area contributed by atoms with Gasteiger partial charge in [0.25, 0.3) is 0 Å². The predicted octanol–water partition coefficient (Wildman–Crippen LogP) is 2.35. The maximum atomic E-state index is 12.6. The second-order valence-electron chi connectivity index (χ2n) is 4.79. The average Bonchev–Trinajstić information content (AvgIpc) is 3.16. The summed E-state index contributed by atoms with van der Waals surface area (Å²) < 4.78 is 45.5. The minimum Gasteiger partial charge on any atom is -0.366 e. The van der Waals surface area contributed by atoms with Gasteiger partial charge in [0, 0.05) is 18.5 Å². The highest BCUT2D eigenvalue weighted by Crippen LogP contribution is 2.34. The Labute approximate surface area is 128 Å². The summed E-state index contributed by atoms with van der Waals surface area (Å²) in [6, 6.07) is 0. The molecule has 1 aliphatic heterocycles. The van der Waals surface area contributed by atoms with E-state index in [2.05, 4.69) is 15.2 Å². The Bertz CT molecular complexity index is 641. The zero-order valence-electron chi connectivity index (χ0n) is 11.7. The van der Waals surface area contributed by atoms with Crippen molar-refractivity contribution in [1.82, 2.24) is 19.7 Å². The van der Waals surface area contributed by atoms with E-state index in [1.807, 2.05) is 11.5 Å². The second kappa shape index (κ2) is 5.84. The molecule has 6 nitrogen and oxygen atoms in total. The van der Waals surface area contributed by atoms with Gasteiger partial charge < -0.3 is 14.2 Å². The van der Waals surface area contributed by atoms with Crippen LogP contribution in [0, 0.1) is 0 Å². The lowest BCUT2D eigenvalue weighted by atomic mass is 10.2. The fourth-order valence-corrected chi connectivity index (χ4v) is 3.15. The molecule has 1 fully saturated rings. The molecule has 10 heteroatoms. The highest BCUT2D eigenvalue weighted by molar-refractivity contribution is 7.13. The number of alkyl halides is 3. The van der Waals surface area contributed by atoms with E-state index < -0.39 is 11.9 Å². The lowest BCUT2D eigenvalue weighted by Gasteiger charge is -2.32. The summed E-state index contributed by atoms with van der Waals surface area (Å²) in [4.78, 5) is 5.48. The third-order valence-electron chi connectivity index (χ3n) is 3.39. The Morgan fingerprint density at radius 3 is 2.95 bits per heavy atom. The zero-order valence-corrected chi connectivity index (χ0v) is 12.6. The van der Waals surface area contributed by atoms with Gasteiger partial charge in [-0.3, -0.25) is 0 Å². The number of aryl methyl sites for hydroxylation is 1. The molecule has 0 aromatic carbocycles. The number of thiazole rings is 1. The lowest BCUT2D eigenvalue weighted by Crippen LogP contribution is -2.39. The first kappa shape index (κ1) is 15.2. The maximum Gasteiger partial charge on any atom is 0.434 e. The molecule has 0 saturated carbocycles. The van der Waals surface area contributed by atoms with Crippen LogP contribution in [0.25, 0.3) is 0 Å². The zero-order chi connectivity index (χ0) is 15.7. The van der Waals surface area contributed by atoms with E-state index in [1.165, 1.54) is 0 Å². The van der Waals surface area contributed by atoms with Gasteiger partial charge in [0.15, 0.2) is 16.6 Å². The molecule has 0 amide bonds. The van der Waals surface area contributed by atoms with Crippen LogP contribution in [0.15, 0.2) is 11.7 Å². The third kappa shape index (κ3) is 2.93. The standard InChI is InChI=1S/C12H14F3N5OS/c1-2-19-7-16-18-10(19)8-5-20(3-4-21-8)11-17-9(6-22-11)12(13,14)15/h6-8H,2-5H2,1H3. The summed E-state index contributed by atoms with van der Waals surface area (Å²) in [5.74, 6) is 0.680. The monoisotopic (exact) mass is 333 g/mol. The fourth-order valence-electron chi connectivity index (χ4n) is 2.28. The van der Waals surface area contributed by atoms with E-state index >= 15 is 0 Å². The van der Waals surface area contributed by atoms with Crippen LogP contribution < -0.4 is 4.90 Å². The molecule has 3 heterocycles. The van der Waals surface area contributed by atoms with Crippen molar-refractivity contribution >= 4 is 16.5 Å². The van der Waals surface area contributed by atoms with E-state index in [9.17, 15) is 13.2 Å². The van der Waals surface area contributed by atoms with Crippen LogP contribution in [0.3, 0.4) is 0 Å². The Balaban J connectivity index is 1.77. The molecule has 0 spiro atoms. The summed E-state index contributed by atoms with van der Waals surface area (Å²) in [6.07, 6.45) is -3.12. The highest BCUT2D eigenvalue weighted by Gasteiger charge is 2.35. The van der Waals surface area contributed by atoms with Crippen LogP contribution in [-0.4, -0.2) is 39.4 Å². The molecule has 120 valence electrons. The quantitative estimate of drug-likeness (QED) is 0.863. The van der Waals surface area contributed by atoms with Crippen molar-refractivity contribution in [3.05, 3.63) is 23.2 Å². The molecule has 1 aliphatic rings. The number of rotatable bonds is 3. The predicted molar refractivity (Wildman–Crippen MR) is 73.7 cm³/mol. The first-order chi connectivity index (χ1) is 10.5. The van der Waals surface area contributed by atoms with E-state index in [4.69, 9.17) is 4.74 Å². The SMILES string of the molecule is CCn1cnnc1C1CN(c2nc(C(F)(F)F)cs2)CCO1. The molecule has 1 atom stereocenters. The van der Waals surface area contributed by atoms with E-state index in [1.54, 1.807) is 11.2 Å². The summed E-state index contributed by atoms with van der Waals surface area (Å²) in [7, 11) is 0. The molecule has 1 saturated heterocycles. The van der Waals surface area contributed by atoms with Gasteiger partial charge in [0.05, 0.1) is 13.2 Å². The number of hydrogen-bond donors (Lipinski definition) is 0. The van der Waals surface area contributed by atoms with Gasteiger partial charge in [0.2, 0.25) is 0 Å². The largest absolute Gasteiger partial charge is 0.434 e. The van der Waals surface area contributed by atoms with Crippen LogP contribution in [0.4, 0.5) is 18.3 Å². The van der Waals surface area contributed by atoms with Crippen LogP contribution >= 0.6 is 11.3 Å². The minimum atomic E-state index is -4.41. The molecule has 0 bridgehead atoms. The second-order valence-corrected chi connectivity index (χ2v) is 5.63. The van der Waals surface area contributed by atoms with Gasteiger partial charge in [-0.15, -0.1) is 21.5 Å². The van der Waals surface area contributed by atoms with Crippen molar-refractivity contribution in [3.8, 4) is 0 Å². The number of anilines is 1. The molecule has 0 radical (unpaired) electrons. The van der Waals surface area contributed by atoms with E-state index in [0.717, 1.165) is 16.7 Å². The summed E-state index contributed by atoms with van der Waals surface area (Å²) in [5.41, 5.74) is -0.854. The third-order valence-corrected chi connectivity index (χ3v) is 4.30. The molecular formula is C12H14F3N5OS. The molecule has 2 aromatic heterocycles. The highest BCUT2D eigenvalue weighted by atomic mass is 32.1.